The molecule has 0 bridgehead atoms. The Morgan fingerprint density at radius 1 is 0.678 bits per heavy atom. The Hall–Kier alpha value is -5.56. The van der Waals surface area contributed by atoms with E-state index in [-0.39, 0.29) is 41.9 Å². The zero-order valence-electron chi connectivity index (χ0n) is 29.0. The van der Waals surface area contributed by atoms with Crippen LogP contribution in [-0.4, -0.2) is 54.9 Å². The Morgan fingerprint density at radius 2 is 1.14 bits per heavy atom. The lowest BCUT2D eigenvalue weighted by Gasteiger charge is -2.06. The molecule has 0 fully saturated rings. The van der Waals surface area contributed by atoms with E-state index in [9.17, 15) is 32.0 Å². The average Bonchev–Trinajstić information content (AvgIpc) is 4.02. The largest absolute Gasteiger partial charge is 0.491 e. The quantitative estimate of drug-likeness (QED) is 0.0833. The van der Waals surface area contributed by atoms with Crippen molar-refractivity contribution in [3.63, 3.8) is 0 Å². The summed E-state index contributed by atoms with van der Waals surface area (Å²) in [7, 11) is 0. The van der Waals surface area contributed by atoms with E-state index in [0.29, 0.717) is 33.9 Å². The first-order valence-electron chi connectivity index (χ1n) is 16.1. The van der Waals surface area contributed by atoms with Crippen LogP contribution >= 0.6 is 62.1 Å². The maximum absolute atomic E-state index is 14.1. The number of nitrogens with zero attached hydrogens (tertiary/aromatic N) is 9. The van der Waals surface area contributed by atoms with Crippen LogP contribution in [0.4, 0.5) is 17.6 Å². The summed E-state index contributed by atoms with van der Waals surface area (Å²) in [5.74, 6) is -4.23. The van der Waals surface area contributed by atoms with Gasteiger partial charge in [-0.15, -0.1) is 0 Å². The van der Waals surface area contributed by atoms with Crippen LogP contribution in [0.15, 0.2) is 99.2 Å². The van der Waals surface area contributed by atoms with Crippen molar-refractivity contribution in [2.24, 2.45) is 0 Å². The second-order valence-electron chi connectivity index (χ2n) is 11.5. The molecule has 0 atom stereocenters. The number of rotatable bonds is 8. The third kappa shape index (κ3) is 10.9. The van der Waals surface area contributed by atoms with Crippen molar-refractivity contribution in [1.82, 2.24) is 49.8 Å². The predicted molar refractivity (Wildman–Crippen MR) is 208 cm³/mol. The molecule has 0 saturated carbocycles. The molecular formula is C34H20Cl5F4N10O5P. The number of hydrogen-bond donors (Lipinski definition) is 2. The lowest BCUT2D eigenvalue weighted by molar-refractivity contribution is 0.405. The van der Waals surface area contributed by atoms with Crippen LogP contribution in [0.1, 0.15) is 11.1 Å². The first-order valence-corrected chi connectivity index (χ1v) is 21.2. The van der Waals surface area contributed by atoms with Gasteiger partial charge in [-0.05, 0) is 58.0 Å². The lowest BCUT2D eigenvalue weighted by Crippen LogP contribution is -2.13. The maximum Gasteiger partial charge on any atom is 0.339 e. The Bertz CT molecular complexity index is 2810. The summed E-state index contributed by atoms with van der Waals surface area (Å²) < 4.78 is 77.2. The minimum atomic E-state index is -3.22. The number of halogens is 9. The van der Waals surface area contributed by atoms with E-state index in [1.54, 1.807) is 54.6 Å². The normalized spacial score (nSPS) is 11.1. The van der Waals surface area contributed by atoms with Gasteiger partial charge >= 0.3 is 5.20 Å². The molecule has 2 N–H and O–H groups in total. The molecule has 0 radical (unpaired) electrons. The molecule has 8 aromatic rings. The fourth-order valence-corrected chi connectivity index (χ4v) is 5.44. The molecule has 6 heterocycles. The summed E-state index contributed by atoms with van der Waals surface area (Å²) in [6.45, 7) is 0.184. The monoisotopic (exact) mass is 930 g/mol. The molecule has 0 aliphatic heterocycles. The number of H-pyrrole nitrogens is 1. The van der Waals surface area contributed by atoms with Crippen molar-refractivity contribution in [2.75, 3.05) is 0 Å². The highest BCUT2D eigenvalue weighted by Crippen LogP contribution is 2.61. The molecule has 59 heavy (non-hydrogen) atoms. The summed E-state index contributed by atoms with van der Waals surface area (Å²) in [5, 5.41) is 21.8. The van der Waals surface area contributed by atoms with Crippen molar-refractivity contribution in [1.29, 1.82) is 0 Å². The minimum Gasteiger partial charge on any atom is -0.491 e. The zero-order chi connectivity index (χ0) is 42.4. The van der Waals surface area contributed by atoms with Crippen molar-refractivity contribution in [2.45, 2.75) is 13.1 Å². The van der Waals surface area contributed by atoms with E-state index in [2.05, 4.69) is 74.2 Å². The van der Waals surface area contributed by atoms with Gasteiger partial charge < -0.3 is 19.1 Å². The van der Waals surface area contributed by atoms with Crippen LogP contribution < -0.4 is 5.56 Å². The van der Waals surface area contributed by atoms with E-state index in [1.807, 2.05) is 0 Å². The molecule has 0 unspecified atom stereocenters. The molecule has 6 aromatic heterocycles. The van der Waals surface area contributed by atoms with Gasteiger partial charge in [-0.3, -0.25) is 18.7 Å². The first-order chi connectivity index (χ1) is 28.0. The number of aromatic amines is 1. The molecule has 304 valence electrons. The smallest absolute Gasteiger partial charge is 0.339 e. The van der Waals surface area contributed by atoms with Gasteiger partial charge in [0.15, 0.2) is 27.8 Å². The third-order valence-electron chi connectivity index (χ3n) is 7.60. The zero-order valence-corrected chi connectivity index (χ0v) is 33.6. The highest BCUT2D eigenvalue weighted by atomic mass is 36.0. The van der Waals surface area contributed by atoms with Crippen LogP contribution in [0.2, 0.25) is 10.3 Å². The van der Waals surface area contributed by atoms with Crippen LogP contribution in [0.5, 0.6) is 5.88 Å². The van der Waals surface area contributed by atoms with Crippen molar-refractivity contribution in [3.05, 3.63) is 140 Å². The van der Waals surface area contributed by atoms with Crippen LogP contribution in [0, 0.1) is 23.3 Å². The molecule has 0 aliphatic carbocycles. The maximum atomic E-state index is 14.1. The number of nitrogens with one attached hydrogen (secondary N) is 1. The van der Waals surface area contributed by atoms with E-state index < -0.39 is 44.4 Å². The van der Waals surface area contributed by atoms with E-state index >= 15 is 0 Å². The first kappa shape index (κ1) is 43.0. The second kappa shape index (κ2) is 18.6. The molecular weight excluding hydrogens is 913 g/mol. The molecule has 0 saturated heterocycles. The van der Waals surface area contributed by atoms with Crippen molar-refractivity contribution < 1.29 is 36.3 Å². The second-order valence-corrected chi connectivity index (χ2v) is 18.8. The summed E-state index contributed by atoms with van der Waals surface area (Å²) in [4.78, 5) is 25.1. The highest BCUT2D eigenvalue weighted by molar-refractivity contribution is 8.24. The molecule has 8 rings (SSSR count). The van der Waals surface area contributed by atoms with E-state index in [0.717, 1.165) is 0 Å². The van der Waals surface area contributed by atoms with Crippen molar-refractivity contribution >= 4 is 62.1 Å². The standard InChI is InChI=1S/C17H9Cl2F2N5O.C17H11F2N5O3.Cl3OP/c18-15-14(21)16(19)23-17(22-15)12-7-13(11-5-6-27-25-11)26(24-12)8-9-3-1-2-4-10(9)20;18-10-4-2-1-3-9(10)8-24-13(11-5-6-27-23-11)7-12(22-24)15-20-16(25)14(19)17(26)21-15;1-5(2,3)4/h1-7H,8H2;1-7H,8H2,(H2,20,21,25,26);. The molecule has 0 spiro atoms. The molecule has 0 aliphatic rings. The van der Waals surface area contributed by atoms with Crippen molar-refractivity contribution in [3.8, 4) is 51.7 Å². The number of aromatic nitrogens is 10. The van der Waals surface area contributed by atoms with Gasteiger partial charge in [0.2, 0.25) is 5.82 Å². The van der Waals surface area contributed by atoms with Gasteiger partial charge in [0.1, 0.15) is 46.9 Å². The average molecular weight is 933 g/mol. The van der Waals surface area contributed by atoms with Gasteiger partial charge in [0, 0.05) is 23.3 Å². The lowest BCUT2D eigenvalue weighted by atomic mass is 10.2. The fourth-order valence-electron chi connectivity index (χ4n) is 5.05. The Balaban J connectivity index is 0.000000178. The Labute approximate surface area is 351 Å². The highest BCUT2D eigenvalue weighted by Gasteiger charge is 2.21. The van der Waals surface area contributed by atoms with E-state index in [1.165, 1.54) is 40.1 Å². The summed E-state index contributed by atoms with van der Waals surface area (Å²) in [6.07, 6.45) is 2.76. The Kier molecular flexibility index (Phi) is 13.5. The predicted octanol–water partition coefficient (Wildman–Crippen LogP) is 9.76. The van der Waals surface area contributed by atoms with Crippen LogP contribution in [0.3, 0.4) is 0 Å². The fraction of sp³-hybridized carbons (Fsp3) is 0.0588. The Morgan fingerprint density at radius 3 is 1.58 bits per heavy atom. The molecule has 25 heteroatoms. The van der Waals surface area contributed by atoms with Crippen LogP contribution in [0.25, 0.3) is 45.8 Å². The van der Waals surface area contributed by atoms with E-state index in [4.69, 9.17) is 32.2 Å². The van der Waals surface area contributed by atoms with Gasteiger partial charge in [0.05, 0.1) is 24.5 Å². The molecule has 15 nitrogen and oxygen atoms in total. The topological polar surface area (TPSA) is 197 Å². The van der Waals surface area contributed by atoms with Crippen LogP contribution in [-0.2, 0) is 17.7 Å². The summed E-state index contributed by atoms with van der Waals surface area (Å²) in [5.41, 5.74) is 1.95. The SMILES string of the molecule is Fc1ccccc1Cn1nc(-c2nc(Cl)c(F)c(Cl)n2)cc1-c1ccon1.O=P(Cl)(Cl)Cl.O=c1[nH]c(-c2cc(-c3ccon3)n(Cc3ccccc3F)n2)nc(O)c1F. The number of aromatic hydroxyl groups is 1. The summed E-state index contributed by atoms with van der Waals surface area (Å²) in [6, 6.07) is 18.8. The number of benzene rings is 2. The third-order valence-corrected chi connectivity index (χ3v) is 8.10. The minimum absolute atomic E-state index is 0.0310. The summed E-state index contributed by atoms with van der Waals surface area (Å²) >= 11 is 25.3. The van der Waals surface area contributed by atoms with Gasteiger partial charge in [0.25, 0.3) is 11.4 Å². The van der Waals surface area contributed by atoms with Gasteiger partial charge in [-0.1, -0.05) is 69.9 Å². The number of hydrogen-bond acceptors (Lipinski definition) is 12. The van der Waals surface area contributed by atoms with Gasteiger partial charge in [-0.25, -0.2) is 23.1 Å². The molecule has 0 amide bonds. The van der Waals surface area contributed by atoms with Gasteiger partial charge in [-0.2, -0.15) is 19.6 Å². The molecule has 2 aromatic carbocycles.